The monoisotopic (exact) mass is 258 g/mol. The second kappa shape index (κ2) is 4.18. The third kappa shape index (κ3) is 1.97. The van der Waals surface area contributed by atoms with Crippen molar-refractivity contribution in [1.29, 1.82) is 0 Å². The molecule has 4 rings (SSSR count). The quantitative estimate of drug-likeness (QED) is 0.864. The van der Waals surface area contributed by atoms with E-state index < -0.39 is 0 Å². The Balaban J connectivity index is 1.74. The van der Waals surface area contributed by atoms with Crippen LogP contribution in [0.25, 0.3) is 0 Å². The van der Waals surface area contributed by atoms with Gasteiger partial charge < -0.3 is 10.6 Å². The Bertz CT molecular complexity index is 534. The average molecular weight is 258 g/mol. The molecule has 2 saturated carbocycles. The van der Waals surface area contributed by atoms with E-state index in [4.69, 9.17) is 4.98 Å². The van der Waals surface area contributed by atoms with Crippen LogP contribution in [-0.2, 0) is 6.42 Å². The van der Waals surface area contributed by atoms with E-state index >= 15 is 0 Å². The predicted molar refractivity (Wildman–Crippen MR) is 71.3 cm³/mol. The second-order valence-corrected chi connectivity index (χ2v) is 5.81. The van der Waals surface area contributed by atoms with Crippen LogP contribution in [0.2, 0.25) is 0 Å². The molecular weight excluding hydrogens is 240 g/mol. The number of nitrogens with one attached hydrogen (secondary N) is 2. The Labute approximate surface area is 112 Å². The van der Waals surface area contributed by atoms with Crippen LogP contribution in [0, 0.1) is 0 Å². The lowest BCUT2D eigenvalue weighted by Gasteiger charge is -2.29. The van der Waals surface area contributed by atoms with Gasteiger partial charge in [-0.25, -0.2) is 9.97 Å². The minimum absolute atomic E-state index is 0.0396. The first-order chi connectivity index (χ1) is 9.31. The molecule has 2 heterocycles. The molecule has 0 radical (unpaired) electrons. The van der Waals surface area contributed by atoms with Crippen molar-refractivity contribution in [2.24, 2.45) is 0 Å². The molecule has 2 fully saturated rings. The standard InChI is InChI=1S/C14H18N4O/c19-14-11-10(6-7-15-14)13(16-9-2-1-3-9)18-12(17-11)8-4-5-8/h8-9H,1-7H2,(H,15,19)(H,16,17,18). The molecule has 0 saturated heterocycles. The minimum Gasteiger partial charge on any atom is -0.367 e. The van der Waals surface area contributed by atoms with E-state index in [9.17, 15) is 4.79 Å². The summed E-state index contributed by atoms with van der Waals surface area (Å²) < 4.78 is 0. The van der Waals surface area contributed by atoms with E-state index in [2.05, 4.69) is 15.6 Å². The van der Waals surface area contributed by atoms with Gasteiger partial charge in [0.1, 0.15) is 17.3 Å². The van der Waals surface area contributed by atoms with E-state index in [1.165, 1.54) is 19.3 Å². The molecule has 0 unspecified atom stereocenters. The summed E-state index contributed by atoms with van der Waals surface area (Å²) in [6, 6.07) is 0.538. The van der Waals surface area contributed by atoms with Gasteiger partial charge in [0.2, 0.25) is 0 Å². The molecule has 2 aliphatic carbocycles. The number of amides is 1. The molecule has 0 spiro atoms. The van der Waals surface area contributed by atoms with Crippen LogP contribution in [0.1, 0.15) is 59.9 Å². The lowest BCUT2D eigenvalue weighted by Crippen LogP contribution is -2.35. The summed E-state index contributed by atoms with van der Waals surface area (Å²) in [6.45, 7) is 0.692. The first kappa shape index (κ1) is 11.2. The number of fused-ring (bicyclic) bond motifs is 1. The van der Waals surface area contributed by atoms with Crippen molar-refractivity contribution in [2.45, 2.75) is 50.5 Å². The third-order valence-electron chi connectivity index (χ3n) is 4.29. The predicted octanol–water partition coefficient (Wildman–Crippen LogP) is 1.60. The van der Waals surface area contributed by atoms with Gasteiger partial charge in [-0.3, -0.25) is 4.79 Å². The molecule has 1 amide bonds. The Morgan fingerprint density at radius 2 is 2.00 bits per heavy atom. The number of rotatable bonds is 3. The number of aromatic nitrogens is 2. The molecule has 0 atom stereocenters. The molecule has 100 valence electrons. The Morgan fingerprint density at radius 1 is 1.16 bits per heavy atom. The molecule has 0 aromatic carbocycles. The van der Waals surface area contributed by atoms with E-state index in [0.717, 1.165) is 36.5 Å². The van der Waals surface area contributed by atoms with E-state index in [1.807, 2.05) is 0 Å². The summed E-state index contributed by atoms with van der Waals surface area (Å²) in [5.74, 6) is 2.22. The number of hydrogen-bond donors (Lipinski definition) is 2. The largest absolute Gasteiger partial charge is 0.367 e. The summed E-state index contributed by atoms with van der Waals surface area (Å²) in [4.78, 5) is 21.2. The highest BCUT2D eigenvalue weighted by Crippen LogP contribution is 2.39. The number of carbonyl (C=O) groups is 1. The van der Waals surface area contributed by atoms with Crippen molar-refractivity contribution < 1.29 is 4.79 Å². The summed E-state index contributed by atoms with van der Waals surface area (Å²) in [7, 11) is 0. The van der Waals surface area contributed by atoms with Gasteiger partial charge in [-0.2, -0.15) is 0 Å². The van der Waals surface area contributed by atoms with Gasteiger partial charge in [0.15, 0.2) is 0 Å². The summed E-state index contributed by atoms with van der Waals surface area (Å²) >= 11 is 0. The smallest absolute Gasteiger partial charge is 0.270 e. The molecule has 5 nitrogen and oxygen atoms in total. The molecule has 19 heavy (non-hydrogen) atoms. The topological polar surface area (TPSA) is 66.9 Å². The van der Waals surface area contributed by atoms with Crippen LogP contribution in [0.3, 0.4) is 0 Å². The SMILES string of the molecule is O=C1NCCc2c(NC3CCC3)nc(C3CC3)nc21. The van der Waals surface area contributed by atoms with Crippen molar-refractivity contribution in [3.63, 3.8) is 0 Å². The third-order valence-corrected chi connectivity index (χ3v) is 4.29. The summed E-state index contributed by atoms with van der Waals surface area (Å²) in [6.07, 6.45) is 6.86. The number of anilines is 1. The van der Waals surface area contributed by atoms with E-state index in [-0.39, 0.29) is 5.91 Å². The normalized spacial score (nSPS) is 22.4. The lowest BCUT2D eigenvalue weighted by molar-refractivity contribution is 0.0940. The van der Waals surface area contributed by atoms with Crippen LogP contribution in [0.15, 0.2) is 0 Å². The molecular formula is C14H18N4O. The minimum atomic E-state index is -0.0396. The van der Waals surface area contributed by atoms with Gasteiger partial charge in [-0.15, -0.1) is 0 Å². The second-order valence-electron chi connectivity index (χ2n) is 5.81. The first-order valence-electron chi connectivity index (χ1n) is 7.27. The fourth-order valence-corrected chi connectivity index (χ4v) is 2.70. The lowest BCUT2D eigenvalue weighted by atomic mass is 9.93. The van der Waals surface area contributed by atoms with Crippen molar-refractivity contribution in [1.82, 2.24) is 15.3 Å². The van der Waals surface area contributed by atoms with E-state index in [1.54, 1.807) is 0 Å². The highest BCUT2D eigenvalue weighted by atomic mass is 16.1. The number of hydrogen-bond acceptors (Lipinski definition) is 4. The molecule has 5 heteroatoms. The van der Waals surface area contributed by atoms with Gasteiger partial charge >= 0.3 is 0 Å². The van der Waals surface area contributed by atoms with E-state index in [0.29, 0.717) is 24.2 Å². The fourth-order valence-electron chi connectivity index (χ4n) is 2.70. The van der Waals surface area contributed by atoms with Crippen LogP contribution in [-0.4, -0.2) is 28.5 Å². The van der Waals surface area contributed by atoms with Crippen molar-refractivity contribution in [2.75, 3.05) is 11.9 Å². The Hall–Kier alpha value is -1.65. The number of nitrogens with zero attached hydrogens (tertiary/aromatic N) is 2. The molecule has 1 aromatic rings. The van der Waals surface area contributed by atoms with Gasteiger partial charge in [-0.1, -0.05) is 0 Å². The summed E-state index contributed by atoms with van der Waals surface area (Å²) in [5, 5.41) is 6.40. The Morgan fingerprint density at radius 3 is 2.68 bits per heavy atom. The zero-order chi connectivity index (χ0) is 12.8. The van der Waals surface area contributed by atoms with Crippen molar-refractivity contribution >= 4 is 11.7 Å². The van der Waals surface area contributed by atoms with Crippen molar-refractivity contribution in [3.8, 4) is 0 Å². The number of carbonyl (C=O) groups excluding carboxylic acids is 1. The van der Waals surface area contributed by atoms with Crippen LogP contribution < -0.4 is 10.6 Å². The van der Waals surface area contributed by atoms with Crippen LogP contribution in [0.5, 0.6) is 0 Å². The maximum Gasteiger partial charge on any atom is 0.270 e. The molecule has 3 aliphatic rings. The highest BCUT2D eigenvalue weighted by molar-refractivity contribution is 5.96. The zero-order valence-corrected chi connectivity index (χ0v) is 10.9. The van der Waals surface area contributed by atoms with Crippen LogP contribution >= 0.6 is 0 Å². The van der Waals surface area contributed by atoms with Crippen molar-refractivity contribution in [3.05, 3.63) is 17.1 Å². The molecule has 1 aromatic heterocycles. The average Bonchev–Trinajstić information content (AvgIpc) is 3.18. The van der Waals surface area contributed by atoms with Crippen LogP contribution in [0.4, 0.5) is 5.82 Å². The zero-order valence-electron chi connectivity index (χ0n) is 10.9. The van der Waals surface area contributed by atoms with Gasteiger partial charge in [-0.05, 0) is 38.5 Å². The highest BCUT2D eigenvalue weighted by Gasteiger charge is 2.32. The molecule has 2 N–H and O–H groups in total. The maximum atomic E-state index is 12.0. The van der Waals surface area contributed by atoms with Gasteiger partial charge in [0.05, 0.1) is 0 Å². The summed E-state index contributed by atoms with van der Waals surface area (Å²) in [5.41, 5.74) is 1.62. The maximum absolute atomic E-state index is 12.0. The van der Waals surface area contributed by atoms with Gasteiger partial charge in [0.25, 0.3) is 5.91 Å². The molecule has 0 bridgehead atoms. The van der Waals surface area contributed by atoms with Gasteiger partial charge in [0, 0.05) is 24.1 Å². The fraction of sp³-hybridized carbons (Fsp3) is 0.643. The molecule has 1 aliphatic heterocycles. The Kier molecular flexibility index (Phi) is 2.47. The first-order valence-corrected chi connectivity index (χ1v) is 7.27.